The monoisotopic (exact) mass is 331 g/mol. The highest BCUT2D eigenvalue weighted by atomic mass is 16.5. The Kier molecular flexibility index (Phi) is 6.76. The maximum Gasteiger partial charge on any atom is 0.161 e. The minimum absolute atomic E-state index is 0.366. The molecule has 0 spiro atoms. The highest BCUT2D eigenvalue weighted by Crippen LogP contribution is 2.28. The van der Waals surface area contributed by atoms with Crippen LogP contribution in [-0.4, -0.2) is 38.4 Å². The number of ether oxygens (including phenoxy) is 4. The Labute approximate surface area is 141 Å². The lowest BCUT2D eigenvalue weighted by Crippen LogP contribution is -2.10. The molecule has 1 N–H and O–H groups in total. The molecule has 0 unspecified atom stereocenters. The van der Waals surface area contributed by atoms with Crippen LogP contribution in [0.15, 0.2) is 47.6 Å². The van der Waals surface area contributed by atoms with Crippen molar-refractivity contribution >= 4 is 6.21 Å². The molecule has 0 fully saturated rings. The van der Waals surface area contributed by atoms with E-state index in [4.69, 9.17) is 24.2 Å². The van der Waals surface area contributed by atoms with Gasteiger partial charge in [0.25, 0.3) is 0 Å². The molecular weight excluding hydrogens is 310 g/mol. The van der Waals surface area contributed by atoms with Crippen LogP contribution in [0.3, 0.4) is 0 Å². The molecule has 0 bridgehead atoms. The lowest BCUT2D eigenvalue weighted by atomic mass is 10.2. The number of nitrogens with zero attached hydrogens (tertiary/aromatic N) is 1. The van der Waals surface area contributed by atoms with Crippen LogP contribution in [0.5, 0.6) is 23.0 Å². The smallest absolute Gasteiger partial charge is 0.161 e. The highest BCUT2D eigenvalue weighted by Gasteiger charge is 2.06. The summed E-state index contributed by atoms with van der Waals surface area (Å²) in [5, 5.41) is 11.6. The van der Waals surface area contributed by atoms with Gasteiger partial charge >= 0.3 is 0 Å². The minimum atomic E-state index is 0.366. The Bertz CT molecular complexity index is 672. The maximum atomic E-state index is 8.60. The van der Waals surface area contributed by atoms with Crippen molar-refractivity contribution in [2.75, 3.05) is 26.9 Å². The average Bonchev–Trinajstić information content (AvgIpc) is 2.61. The van der Waals surface area contributed by atoms with E-state index in [-0.39, 0.29) is 0 Å². The number of hydrogen-bond acceptors (Lipinski definition) is 6. The molecule has 0 heterocycles. The van der Waals surface area contributed by atoms with Crippen molar-refractivity contribution in [2.45, 2.75) is 6.92 Å². The van der Waals surface area contributed by atoms with E-state index in [9.17, 15) is 0 Å². The first-order valence-electron chi connectivity index (χ1n) is 7.60. The van der Waals surface area contributed by atoms with Gasteiger partial charge in [0, 0.05) is 11.6 Å². The van der Waals surface area contributed by atoms with Gasteiger partial charge in [0.1, 0.15) is 24.7 Å². The van der Waals surface area contributed by atoms with Crippen molar-refractivity contribution < 1.29 is 24.2 Å². The summed E-state index contributed by atoms with van der Waals surface area (Å²) < 4.78 is 22.0. The zero-order chi connectivity index (χ0) is 17.2. The van der Waals surface area contributed by atoms with E-state index in [0.717, 1.165) is 17.1 Å². The van der Waals surface area contributed by atoms with Crippen LogP contribution >= 0.6 is 0 Å². The van der Waals surface area contributed by atoms with E-state index in [1.54, 1.807) is 25.3 Å². The summed E-state index contributed by atoms with van der Waals surface area (Å²) in [7, 11) is 1.61. The Hall–Kier alpha value is -2.89. The summed E-state index contributed by atoms with van der Waals surface area (Å²) in [6, 6.07) is 12.7. The van der Waals surface area contributed by atoms with Gasteiger partial charge in [-0.2, -0.15) is 0 Å². The van der Waals surface area contributed by atoms with Gasteiger partial charge in [0.05, 0.1) is 19.9 Å². The molecule has 24 heavy (non-hydrogen) atoms. The average molecular weight is 331 g/mol. The van der Waals surface area contributed by atoms with Crippen molar-refractivity contribution in [3.8, 4) is 23.0 Å². The fourth-order valence-electron chi connectivity index (χ4n) is 2.06. The van der Waals surface area contributed by atoms with E-state index in [0.29, 0.717) is 31.3 Å². The zero-order valence-electron chi connectivity index (χ0n) is 13.8. The summed E-state index contributed by atoms with van der Waals surface area (Å²) in [4.78, 5) is 0. The molecule has 0 aliphatic carbocycles. The van der Waals surface area contributed by atoms with Crippen molar-refractivity contribution in [1.82, 2.24) is 0 Å². The molecule has 0 saturated carbocycles. The first-order valence-corrected chi connectivity index (χ1v) is 7.60. The van der Waals surface area contributed by atoms with E-state index >= 15 is 0 Å². The Morgan fingerprint density at radius 1 is 0.958 bits per heavy atom. The zero-order valence-corrected chi connectivity index (χ0v) is 13.8. The fraction of sp³-hybridized carbons (Fsp3) is 0.278. The van der Waals surface area contributed by atoms with Gasteiger partial charge in [-0.1, -0.05) is 11.2 Å². The van der Waals surface area contributed by atoms with E-state index in [2.05, 4.69) is 5.16 Å². The SMILES string of the molecule is CCOc1cc(C=NO)ccc1OCCOc1cccc(OC)c1. The molecule has 0 atom stereocenters. The molecule has 0 aliphatic rings. The van der Waals surface area contributed by atoms with E-state index in [1.165, 1.54) is 6.21 Å². The first-order chi connectivity index (χ1) is 11.8. The Morgan fingerprint density at radius 2 is 1.75 bits per heavy atom. The third kappa shape index (κ3) is 5.08. The van der Waals surface area contributed by atoms with Crippen molar-refractivity contribution in [3.05, 3.63) is 48.0 Å². The van der Waals surface area contributed by atoms with E-state index < -0.39 is 0 Å². The molecule has 0 aromatic heterocycles. The minimum Gasteiger partial charge on any atom is -0.497 e. The van der Waals surface area contributed by atoms with Crippen LogP contribution in [-0.2, 0) is 0 Å². The predicted molar refractivity (Wildman–Crippen MR) is 91.0 cm³/mol. The van der Waals surface area contributed by atoms with Crippen molar-refractivity contribution in [2.24, 2.45) is 5.16 Å². The molecule has 0 saturated heterocycles. The van der Waals surface area contributed by atoms with Crippen LogP contribution in [0.1, 0.15) is 12.5 Å². The van der Waals surface area contributed by atoms with Gasteiger partial charge < -0.3 is 24.2 Å². The van der Waals surface area contributed by atoms with Crippen molar-refractivity contribution in [3.63, 3.8) is 0 Å². The van der Waals surface area contributed by atoms with Gasteiger partial charge in [-0.05, 0) is 37.3 Å². The summed E-state index contributed by atoms with van der Waals surface area (Å²) in [6.07, 6.45) is 1.33. The molecular formula is C18H21NO5. The molecule has 2 rings (SSSR count). The largest absolute Gasteiger partial charge is 0.497 e. The molecule has 2 aromatic rings. The lowest BCUT2D eigenvalue weighted by molar-refractivity contribution is 0.208. The Balaban J connectivity index is 1.91. The van der Waals surface area contributed by atoms with Crippen LogP contribution in [0.2, 0.25) is 0 Å². The summed E-state index contributed by atoms with van der Waals surface area (Å²) in [5.74, 6) is 2.67. The molecule has 0 aliphatic heterocycles. The lowest BCUT2D eigenvalue weighted by Gasteiger charge is -2.13. The molecule has 0 radical (unpaired) electrons. The van der Waals surface area contributed by atoms with Crippen LogP contribution in [0.4, 0.5) is 0 Å². The Morgan fingerprint density at radius 3 is 2.50 bits per heavy atom. The molecule has 2 aromatic carbocycles. The molecule has 0 amide bonds. The van der Waals surface area contributed by atoms with Gasteiger partial charge in [0.15, 0.2) is 11.5 Å². The second kappa shape index (κ2) is 9.29. The standard InChI is InChI=1S/C18H21NO5/c1-3-22-18-11-14(13-19-20)7-8-17(18)24-10-9-23-16-6-4-5-15(12-16)21-2/h4-8,11-13,20H,3,9-10H2,1-2H3. The topological polar surface area (TPSA) is 69.5 Å². The number of benzene rings is 2. The number of rotatable bonds is 9. The van der Waals surface area contributed by atoms with Crippen LogP contribution in [0, 0.1) is 0 Å². The summed E-state index contributed by atoms with van der Waals surface area (Å²) >= 11 is 0. The third-order valence-corrected chi connectivity index (χ3v) is 3.13. The van der Waals surface area contributed by atoms with Crippen LogP contribution in [0.25, 0.3) is 0 Å². The van der Waals surface area contributed by atoms with Crippen LogP contribution < -0.4 is 18.9 Å². The number of oxime groups is 1. The van der Waals surface area contributed by atoms with Crippen molar-refractivity contribution in [1.29, 1.82) is 0 Å². The normalized spacial score (nSPS) is 10.6. The van der Waals surface area contributed by atoms with E-state index in [1.807, 2.05) is 31.2 Å². The molecule has 128 valence electrons. The quantitative estimate of drug-likeness (QED) is 0.330. The number of hydrogen-bond donors (Lipinski definition) is 1. The summed E-state index contributed by atoms with van der Waals surface area (Å²) in [5.41, 5.74) is 0.723. The third-order valence-electron chi connectivity index (χ3n) is 3.13. The second-order valence-corrected chi connectivity index (χ2v) is 4.76. The van der Waals surface area contributed by atoms with Gasteiger partial charge in [0.2, 0.25) is 0 Å². The number of methoxy groups -OCH3 is 1. The maximum absolute atomic E-state index is 8.60. The first kappa shape index (κ1) is 17.5. The highest BCUT2D eigenvalue weighted by molar-refractivity contribution is 5.80. The predicted octanol–water partition coefficient (Wildman–Crippen LogP) is 3.36. The summed E-state index contributed by atoms with van der Waals surface area (Å²) in [6.45, 7) is 3.15. The van der Waals surface area contributed by atoms with Gasteiger partial charge in [-0.3, -0.25) is 0 Å². The fourth-order valence-corrected chi connectivity index (χ4v) is 2.06. The molecule has 6 heteroatoms. The molecule has 6 nitrogen and oxygen atoms in total. The van der Waals surface area contributed by atoms with Gasteiger partial charge in [-0.25, -0.2) is 0 Å². The second-order valence-electron chi connectivity index (χ2n) is 4.76. The van der Waals surface area contributed by atoms with Gasteiger partial charge in [-0.15, -0.1) is 0 Å².